The molecule has 0 unspecified atom stereocenters. The highest BCUT2D eigenvalue weighted by Crippen LogP contribution is 2.38. The number of alkyl halides is 3. The average Bonchev–Trinajstić information content (AvgIpc) is 2.90. The molecule has 0 amide bonds. The highest BCUT2D eigenvalue weighted by molar-refractivity contribution is 5.92. The maximum Gasteiger partial charge on any atom is 0.453 e. The average molecular weight is 543 g/mol. The normalized spacial score (nSPS) is 11.2. The van der Waals surface area contributed by atoms with Crippen molar-refractivity contribution in [3.8, 4) is 17.2 Å². The minimum absolute atomic E-state index is 0.0594. The lowest BCUT2D eigenvalue weighted by Crippen LogP contribution is -2.15. The molecular weight excluding hydrogens is 527 g/mol. The highest BCUT2D eigenvalue weighted by Gasteiger charge is 2.40. The fraction of sp³-hybridized carbons (Fsp3) is 0.115. The molecule has 4 rings (SSSR count). The first-order chi connectivity index (χ1) is 18.5. The summed E-state index contributed by atoms with van der Waals surface area (Å²) in [4.78, 5) is 47.2. The molecule has 0 aliphatic rings. The van der Waals surface area contributed by atoms with Crippen LogP contribution in [0.5, 0.6) is 17.2 Å². The van der Waals surface area contributed by atoms with Gasteiger partial charge in [0.05, 0.1) is 28.0 Å². The summed E-state index contributed by atoms with van der Waals surface area (Å²) >= 11 is 0. The van der Waals surface area contributed by atoms with Crippen LogP contribution < -0.4 is 14.9 Å². The van der Waals surface area contributed by atoms with Gasteiger partial charge in [-0.25, -0.2) is 9.59 Å². The van der Waals surface area contributed by atoms with Gasteiger partial charge in [0.2, 0.25) is 11.2 Å². The predicted octanol–water partition coefficient (Wildman–Crippen LogP) is 5.91. The van der Waals surface area contributed by atoms with E-state index in [-0.39, 0.29) is 40.3 Å². The zero-order valence-corrected chi connectivity index (χ0v) is 19.8. The van der Waals surface area contributed by atoms with Gasteiger partial charge in [-0.05, 0) is 55.5 Å². The number of non-ortho nitro benzene ring substituents is 1. The molecule has 0 radical (unpaired) electrons. The van der Waals surface area contributed by atoms with E-state index in [0.717, 1.165) is 42.5 Å². The number of nitrogens with zero attached hydrogens (tertiary/aromatic N) is 1. The Morgan fingerprint density at radius 3 is 2.10 bits per heavy atom. The zero-order chi connectivity index (χ0) is 28.3. The van der Waals surface area contributed by atoms with Crippen molar-refractivity contribution in [3.63, 3.8) is 0 Å². The SMILES string of the molecule is CCOC(=O)c1ccc(Oc2c(C(F)(F)F)oc3cc(OC(=O)c4ccc([N+](=O)[O-])cc4)ccc3c2=O)cc1. The van der Waals surface area contributed by atoms with Crippen LogP contribution in [-0.4, -0.2) is 23.5 Å². The van der Waals surface area contributed by atoms with Crippen LogP contribution in [0.4, 0.5) is 18.9 Å². The van der Waals surface area contributed by atoms with Gasteiger partial charge in [-0.3, -0.25) is 14.9 Å². The Bertz CT molecular complexity index is 1630. The largest absolute Gasteiger partial charge is 0.462 e. The summed E-state index contributed by atoms with van der Waals surface area (Å²) in [6.45, 7) is 1.74. The van der Waals surface area contributed by atoms with Gasteiger partial charge in [0.1, 0.15) is 17.1 Å². The van der Waals surface area contributed by atoms with Gasteiger partial charge in [-0.2, -0.15) is 13.2 Å². The number of hydrogen-bond donors (Lipinski definition) is 0. The van der Waals surface area contributed by atoms with Crippen molar-refractivity contribution >= 4 is 28.6 Å². The van der Waals surface area contributed by atoms with Crippen LogP contribution in [0.2, 0.25) is 0 Å². The number of carbonyl (C=O) groups is 2. The first-order valence-electron chi connectivity index (χ1n) is 11.1. The molecule has 0 saturated carbocycles. The van der Waals surface area contributed by atoms with Gasteiger partial charge in [-0.1, -0.05) is 0 Å². The summed E-state index contributed by atoms with van der Waals surface area (Å²) in [6.07, 6.45) is -5.14. The maximum absolute atomic E-state index is 13.8. The Labute approximate surface area is 216 Å². The number of halogens is 3. The van der Waals surface area contributed by atoms with E-state index in [0.29, 0.717) is 0 Å². The lowest BCUT2D eigenvalue weighted by atomic mass is 10.2. The molecule has 1 heterocycles. The van der Waals surface area contributed by atoms with Crippen molar-refractivity contribution in [2.75, 3.05) is 6.61 Å². The maximum atomic E-state index is 13.8. The molecule has 39 heavy (non-hydrogen) atoms. The third kappa shape index (κ3) is 5.87. The fourth-order valence-corrected chi connectivity index (χ4v) is 3.38. The summed E-state index contributed by atoms with van der Waals surface area (Å²) in [5.74, 6) is -4.87. The van der Waals surface area contributed by atoms with Gasteiger partial charge in [-0.15, -0.1) is 0 Å². The van der Waals surface area contributed by atoms with Crippen molar-refractivity contribution in [1.29, 1.82) is 0 Å². The molecule has 0 fully saturated rings. The Morgan fingerprint density at radius 2 is 1.51 bits per heavy atom. The molecule has 13 heteroatoms. The first-order valence-corrected chi connectivity index (χ1v) is 11.1. The molecule has 0 bridgehead atoms. The van der Waals surface area contributed by atoms with E-state index in [1.165, 1.54) is 24.3 Å². The third-order valence-corrected chi connectivity index (χ3v) is 5.19. The highest BCUT2D eigenvalue weighted by atomic mass is 19.4. The van der Waals surface area contributed by atoms with Crippen LogP contribution in [0, 0.1) is 10.1 Å². The van der Waals surface area contributed by atoms with Gasteiger partial charge in [0.25, 0.3) is 11.4 Å². The molecule has 0 atom stereocenters. The fourth-order valence-electron chi connectivity index (χ4n) is 3.38. The molecule has 10 nitrogen and oxygen atoms in total. The number of nitro benzene ring substituents is 1. The number of esters is 2. The quantitative estimate of drug-likeness (QED) is 0.121. The summed E-state index contributed by atoms with van der Waals surface area (Å²) in [7, 11) is 0. The second kappa shape index (κ2) is 10.7. The van der Waals surface area contributed by atoms with Crippen LogP contribution in [0.15, 0.2) is 75.9 Å². The lowest BCUT2D eigenvalue weighted by Gasteiger charge is -2.14. The van der Waals surface area contributed by atoms with Crippen molar-refractivity contribution in [2.45, 2.75) is 13.1 Å². The van der Waals surface area contributed by atoms with Crippen LogP contribution in [0.3, 0.4) is 0 Å². The van der Waals surface area contributed by atoms with Gasteiger partial charge >= 0.3 is 18.1 Å². The monoisotopic (exact) mass is 543 g/mol. The number of ether oxygens (including phenoxy) is 3. The Balaban J connectivity index is 1.66. The molecule has 0 aliphatic carbocycles. The van der Waals surface area contributed by atoms with Crippen molar-refractivity contribution in [3.05, 3.63) is 104 Å². The third-order valence-electron chi connectivity index (χ3n) is 5.19. The van der Waals surface area contributed by atoms with E-state index in [1.54, 1.807) is 6.92 Å². The van der Waals surface area contributed by atoms with Crippen molar-refractivity contribution in [1.82, 2.24) is 0 Å². The first kappa shape index (κ1) is 26.9. The summed E-state index contributed by atoms with van der Waals surface area (Å²) < 4.78 is 61.7. The van der Waals surface area contributed by atoms with Crippen LogP contribution >= 0.6 is 0 Å². The zero-order valence-electron chi connectivity index (χ0n) is 19.8. The molecule has 3 aromatic carbocycles. The summed E-state index contributed by atoms with van der Waals surface area (Å²) in [5, 5.41) is 10.5. The number of rotatable bonds is 7. The summed E-state index contributed by atoms with van der Waals surface area (Å²) in [6, 6.07) is 12.5. The second-order valence-electron chi connectivity index (χ2n) is 7.79. The number of benzene rings is 3. The van der Waals surface area contributed by atoms with Gasteiger partial charge < -0.3 is 18.6 Å². The molecular formula is C26H16F3NO9. The molecule has 0 aliphatic heterocycles. The molecule has 1 aromatic heterocycles. The molecule has 0 spiro atoms. The lowest BCUT2D eigenvalue weighted by molar-refractivity contribution is -0.384. The van der Waals surface area contributed by atoms with Gasteiger partial charge in [0.15, 0.2) is 0 Å². The van der Waals surface area contributed by atoms with E-state index in [4.69, 9.17) is 18.6 Å². The minimum Gasteiger partial charge on any atom is -0.462 e. The minimum atomic E-state index is -5.14. The standard InChI is InChI=1S/C26H16F3NO9/c1-2-36-24(32)14-5-9-17(10-6-14)37-22-21(31)19-12-11-18(13-20(19)39-23(22)26(27,28)29)38-25(33)15-3-7-16(8-4-15)30(34)35/h3-13H,2H2,1H3. The smallest absolute Gasteiger partial charge is 0.453 e. The topological polar surface area (TPSA) is 135 Å². The van der Waals surface area contributed by atoms with E-state index in [1.807, 2.05) is 0 Å². The molecule has 0 N–H and O–H groups in total. The second-order valence-corrected chi connectivity index (χ2v) is 7.79. The molecule has 200 valence electrons. The van der Waals surface area contributed by atoms with Crippen LogP contribution in [0.25, 0.3) is 11.0 Å². The van der Waals surface area contributed by atoms with Crippen LogP contribution in [-0.2, 0) is 10.9 Å². The number of nitro groups is 1. The van der Waals surface area contributed by atoms with Gasteiger partial charge in [0, 0.05) is 18.2 Å². The molecule has 0 saturated heterocycles. The van der Waals surface area contributed by atoms with E-state index >= 15 is 0 Å². The van der Waals surface area contributed by atoms with E-state index in [2.05, 4.69) is 0 Å². The summed E-state index contributed by atoms with van der Waals surface area (Å²) in [5.41, 5.74) is -1.87. The number of fused-ring (bicyclic) bond motifs is 1. The van der Waals surface area contributed by atoms with E-state index in [9.17, 15) is 37.7 Å². The number of carbonyl (C=O) groups excluding carboxylic acids is 2. The van der Waals surface area contributed by atoms with Crippen molar-refractivity contribution < 1.29 is 46.3 Å². The predicted molar refractivity (Wildman–Crippen MR) is 128 cm³/mol. The van der Waals surface area contributed by atoms with Crippen molar-refractivity contribution in [2.24, 2.45) is 0 Å². The van der Waals surface area contributed by atoms with E-state index < -0.39 is 45.6 Å². The molecule has 4 aromatic rings. The Morgan fingerprint density at radius 1 is 0.923 bits per heavy atom. The number of hydrogen-bond acceptors (Lipinski definition) is 9. The Kier molecular flexibility index (Phi) is 7.33. The Hall–Kier alpha value is -5.20. The van der Waals surface area contributed by atoms with Crippen LogP contribution in [0.1, 0.15) is 33.4 Å².